The summed E-state index contributed by atoms with van der Waals surface area (Å²) in [6, 6.07) is 5.80. The maximum absolute atomic E-state index is 12.3. The summed E-state index contributed by atoms with van der Waals surface area (Å²) in [6.45, 7) is 4.25. The Bertz CT molecular complexity index is 866. The molecule has 1 N–H and O–H groups in total. The molecule has 0 fully saturated rings. The molecule has 0 radical (unpaired) electrons. The van der Waals surface area contributed by atoms with E-state index >= 15 is 0 Å². The van der Waals surface area contributed by atoms with Gasteiger partial charge in [0.15, 0.2) is 10.7 Å². The van der Waals surface area contributed by atoms with Crippen molar-refractivity contribution in [1.82, 2.24) is 14.7 Å². The number of aromatic nitrogens is 2. The van der Waals surface area contributed by atoms with Crippen molar-refractivity contribution < 1.29 is 9.59 Å². The summed E-state index contributed by atoms with van der Waals surface area (Å²) >= 11 is 1.55. The number of carbonyl (C=O) groups is 2. The molecule has 0 aliphatic heterocycles. The van der Waals surface area contributed by atoms with Crippen LogP contribution in [0.5, 0.6) is 0 Å². The second kappa shape index (κ2) is 6.97. The van der Waals surface area contributed by atoms with E-state index in [2.05, 4.69) is 10.3 Å². The van der Waals surface area contributed by atoms with Gasteiger partial charge in [-0.3, -0.25) is 14.0 Å². The number of rotatable bonds is 6. The third-order valence-electron chi connectivity index (χ3n) is 3.88. The Morgan fingerprint density at radius 1 is 1.25 bits per heavy atom. The number of Topliss-reactive ketones (excluding diaryl/α,β-unsaturated/α-hetero) is 1. The lowest BCUT2D eigenvalue weighted by Gasteiger charge is -2.06. The van der Waals surface area contributed by atoms with E-state index in [1.54, 1.807) is 11.3 Å². The van der Waals surface area contributed by atoms with Crippen LogP contribution in [0.4, 0.5) is 0 Å². The van der Waals surface area contributed by atoms with Crippen LogP contribution in [0.15, 0.2) is 36.0 Å². The molecule has 0 unspecified atom stereocenters. The van der Waals surface area contributed by atoms with Crippen LogP contribution in [0.3, 0.4) is 0 Å². The summed E-state index contributed by atoms with van der Waals surface area (Å²) in [5.41, 5.74) is 3.52. The number of nitrogens with one attached hydrogen (secondary N) is 1. The van der Waals surface area contributed by atoms with Crippen LogP contribution in [-0.4, -0.2) is 21.1 Å². The fourth-order valence-electron chi connectivity index (χ4n) is 2.54. The number of aryl methyl sites for hydroxylation is 2. The molecule has 0 bridgehead atoms. The number of thiazole rings is 1. The van der Waals surface area contributed by atoms with Gasteiger partial charge in [-0.2, -0.15) is 0 Å². The predicted octanol–water partition coefficient (Wildman–Crippen LogP) is 3.29. The molecule has 124 valence electrons. The highest BCUT2D eigenvalue weighted by atomic mass is 32.1. The lowest BCUT2D eigenvalue weighted by molar-refractivity contribution is -0.121. The van der Waals surface area contributed by atoms with E-state index in [4.69, 9.17) is 0 Å². The van der Waals surface area contributed by atoms with Crippen molar-refractivity contribution in [3.05, 3.63) is 58.4 Å². The number of hydrogen-bond acceptors (Lipinski definition) is 4. The lowest BCUT2D eigenvalue weighted by Crippen LogP contribution is -2.23. The van der Waals surface area contributed by atoms with Gasteiger partial charge in [0.25, 0.3) is 0 Å². The average Bonchev–Trinajstić information content (AvgIpc) is 3.14. The molecule has 0 saturated carbocycles. The van der Waals surface area contributed by atoms with Gasteiger partial charge in [-0.15, -0.1) is 11.3 Å². The van der Waals surface area contributed by atoms with E-state index in [-0.39, 0.29) is 24.5 Å². The Balaban J connectivity index is 1.50. The van der Waals surface area contributed by atoms with Gasteiger partial charge in [-0.05, 0) is 25.5 Å². The van der Waals surface area contributed by atoms with E-state index in [0.717, 1.165) is 21.8 Å². The van der Waals surface area contributed by atoms with E-state index in [0.29, 0.717) is 12.1 Å². The second-order valence-electron chi connectivity index (χ2n) is 5.84. The van der Waals surface area contributed by atoms with Crippen molar-refractivity contribution in [2.45, 2.75) is 33.2 Å². The van der Waals surface area contributed by atoms with Gasteiger partial charge in [-0.1, -0.05) is 17.7 Å². The molecule has 2 aromatic heterocycles. The van der Waals surface area contributed by atoms with Crippen molar-refractivity contribution in [3.8, 4) is 0 Å². The largest absolute Gasteiger partial charge is 0.350 e. The van der Waals surface area contributed by atoms with Gasteiger partial charge in [0.1, 0.15) is 0 Å². The van der Waals surface area contributed by atoms with Crippen LogP contribution in [0.2, 0.25) is 0 Å². The Hall–Kier alpha value is -2.47. The normalized spacial score (nSPS) is 10.9. The Morgan fingerprint density at radius 2 is 2.08 bits per heavy atom. The quantitative estimate of drug-likeness (QED) is 0.700. The molecular formula is C18H19N3O2S. The molecule has 24 heavy (non-hydrogen) atoms. The van der Waals surface area contributed by atoms with Gasteiger partial charge in [0, 0.05) is 36.2 Å². The minimum atomic E-state index is -0.134. The molecule has 0 spiro atoms. The van der Waals surface area contributed by atoms with Gasteiger partial charge >= 0.3 is 0 Å². The van der Waals surface area contributed by atoms with E-state index in [1.165, 1.54) is 0 Å². The van der Waals surface area contributed by atoms with Crippen molar-refractivity contribution in [2.24, 2.45) is 0 Å². The maximum atomic E-state index is 12.3. The number of carbonyl (C=O) groups excluding carboxylic acids is 2. The van der Waals surface area contributed by atoms with E-state index in [9.17, 15) is 9.59 Å². The smallest absolute Gasteiger partial charge is 0.220 e. The molecule has 0 aliphatic rings. The van der Waals surface area contributed by atoms with Crippen LogP contribution in [0, 0.1) is 13.8 Å². The van der Waals surface area contributed by atoms with Crippen LogP contribution in [0.25, 0.3) is 4.96 Å². The summed E-state index contributed by atoms with van der Waals surface area (Å²) in [5, 5.41) is 4.78. The molecule has 2 heterocycles. The summed E-state index contributed by atoms with van der Waals surface area (Å²) < 4.78 is 1.93. The second-order valence-corrected chi connectivity index (χ2v) is 6.72. The summed E-state index contributed by atoms with van der Waals surface area (Å²) in [7, 11) is 0. The number of nitrogens with zero attached hydrogens (tertiary/aromatic N) is 2. The monoisotopic (exact) mass is 341 g/mol. The van der Waals surface area contributed by atoms with Crippen LogP contribution in [-0.2, 0) is 11.3 Å². The fourth-order valence-corrected chi connectivity index (χ4v) is 3.26. The number of amides is 1. The zero-order valence-electron chi connectivity index (χ0n) is 13.7. The standard InChI is InChI=1S/C18H19N3O2S/c1-12-3-4-13(2)15(9-12)16(22)5-6-17(23)19-10-14-11-21-7-8-24-18(21)20-14/h3-4,7-9,11H,5-6,10H2,1-2H3,(H,19,23). The number of imidazole rings is 1. The van der Waals surface area contributed by atoms with Gasteiger partial charge in [0.05, 0.1) is 12.2 Å². The van der Waals surface area contributed by atoms with Crippen molar-refractivity contribution in [2.75, 3.05) is 0 Å². The van der Waals surface area contributed by atoms with E-state index in [1.807, 2.05) is 54.2 Å². The fraction of sp³-hybridized carbons (Fsp3) is 0.278. The van der Waals surface area contributed by atoms with Crippen LogP contribution >= 0.6 is 11.3 Å². The topological polar surface area (TPSA) is 63.5 Å². The zero-order valence-corrected chi connectivity index (χ0v) is 14.5. The van der Waals surface area contributed by atoms with Crippen LogP contribution in [0.1, 0.15) is 40.0 Å². The highest BCUT2D eigenvalue weighted by Crippen LogP contribution is 2.14. The third kappa shape index (κ3) is 3.71. The van der Waals surface area contributed by atoms with Crippen molar-refractivity contribution in [3.63, 3.8) is 0 Å². The summed E-state index contributed by atoms with van der Waals surface area (Å²) in [5.74, 6) is -0.126. The third-order valence-corrected chi connectivity index (χ3v) is 4.65. The number of benzene rings is 1. The van der Waals surface area contributed by atoms with Crippen molar-refractivity contribution >= 4 is 28.0 Å². The predicted molar refractivity (Wildman–Crippen MR) is 94.4 cm³/mol. The number of ketones is 1. The molecule has 6 heteroatoms. The van der Waals surface area contributed by atoms with Gasteiger partial charge < -0.3 is 5.32 Å². The molecule has 5 nitrogen and oxygen atoms in total. The van der Waals surface area contributed by atoms with Gasteiger partial charge in [-0.25, -0.2) is 4.98 Å². The molecule has 0 atom stereocenters. The average molecular weight is 341 g/mol. The Morgan fingerprint density at radius 3 is 2.88 bits per heavy atom. The van der Waals surface area contributed by atoms with Crippen molar-refractivity contribution in [1.29, 1.82) is 0 Å². The molecule has 3 rings (SSSR count). The lowest BCUT2D eigenvalue weighted by atomic mass is 9.99. The highest BCUT2D eigenvalue weighted by Gasteiger charge is 2.12. The molecule has 3 aromatic rings. The SMILES string of the molecule is Cc1ccc(C)c(C(=O)CCC(=O)NCc2cn3ccsc3n2)c1. The van der Waals surface area contributed by atoms with Gasteiger partial charge in [0.2, 0.25) is 5.91 Å². The highest BCUT2D eigenvalue weighted by molar-refractivity contribution is 7.15. The Kier molecular flexibility index (Phi) is 4.76. The Labute approximate surface area is 144 Å². The first-order valence-electron chi connectivity index (χ1n) is 7.81. The first kappa shape index (κ1) is 16.4. The minimum absolute atomic E-state index is 0.00820. The summed E-state index contributed by atoms with van der Waals surface area (Å²) in [4.78, 5) is 29.6. The molecule has 0 aliphatic carbocycles. The van der Waals surface area contributed by atoms with E-state index < -0.39 is 0 Å². The first-order chi connectivity index (χ1) is 11.5. The molecule has 0 saturated heterocycles. The minimum Gasteiger partial charge on any atom is -0.350 e. The molecular weight excluding hydrogens is 322 g/mol. The zero-order chi connectivity index (χ0) is 17.1. The summed E-state index contributed by atoms with van der Waals surface area (Å²) in [6.07, 6.45) is 4.23. The maximum Gasteiger partial charge on any atom is 0.220 e. The number of hydrogen-bond donors (Lipinski definition) is 1. The molecule has 1 amide bonds. The number of fused-ring (bicyclic) bond motifs is 1. The first-order valence-corrected chi connectivity index (χ1v) is 8.69. The molecule has 1 aromatic carbocycles. The van der Waals surface area contributed by atoms with Crippen LogP contribution < -0.4 is 5.32 Å².